The van der Waals surface area contributed by atoms with E-state index in [0.717, 1.165) is 55.2 Å². The van der Waals surface area contributed by atoms with E-state index < -0.39 is 0 Å². The van der Waals surface area contributed by atoms with Gasteiger partial charge in [0.05, 0.1) is 0 Å². The van der Waals surface area contributed by atoms with Crippen LogP contribution in [0.15, 0.2) is 42.5 Å². The highest BCUT2D eigenvalue weighted by Gasteiger charge is 2.16. The van der Waals surface area contributed by atoms with Crippen molar-refractivity contribution in [3.05, 3.63) is 53.8 Å². The number of rotatable bonds is 5. The SMILES string of the molecule is C#CCOc1c(CN2CCNCC2)cccc1-c1ccc(F)cc1. The Hall–Kier alpha value is -2.35. The number of hydrogen-bond acceptors (Lipinski definition) is 3. The number of hydrogen-bond donors (Lipinski definition) is 1. The summed E-state index contributed by atoms with van der Waals surface area (Å²) >= 11 is 0. The second-order valence-corrected chi connectivity index (χ2v) is 5.82. The number of halogens is 1. The van der Waals surface area contributed by atoms with Crippen molar-refractivity contribution in [3.63, 3.8) is 0 Å². The molecular formula is C20H21FN2O. The highest BCUT2D eigenvalue weighted by molar-refractivity contribution is 5.72. The first-order valence-corrected chi connectivity index (χ1v) is 8.15. The Balaban J connectivity index is 1.93. The fraction of sp³-hybridized carbons (Fsp3) is 0.300. The van der Waals surface area contributed by atoms with Crippen molar-refractivity contribution in [2.24, 2.45) is 0 Å². The summed E-state index contributed by atoms with van der Waals surface area (Å²) in [4.78, 5) is 2.39. The third kappa shape index (κ3) is 3.94. The molecule has 0 saturated carbocycles. The first-order chi connectivity index (χ1) is 11.8. The number of nitrogens with zero attached hydrogens (tertiary/aromatic N) is 1. The molecule has 0 aliphatic carbocycles. The van der Waals surface area contributed by atoms with E-state index in [9.17, 15) is 4.39 Å². The second-order valence-electron chi connectivity index (χ2n) is 5.82. The molecule has 2 aromatic carbocycles. The molecule has 1 aliphatic rings. The highest BCUT2D eigenvalue weighted by Crippen LogP contribution is 2.34. The van der Waals surface area contributed by atoms with Crippen LogP contribution in [-0.2, 0) is 6.54 Å². The Kier molecular flexibility index (Phi) is 5.47. The van der Waals surface area contributed by atoms with Crippen molar-refractivity contribution >= 4 is 0 Å². The van der Waals surface area contributed by atoms with Gasteiger partial charge in [-0.15, -0.1) is 6.42 Å². The van der Waals surface area contributed by atoms with Gasteiger partial charge in [0.15, 0.2) is 0 Å². The summed E-state index contributed by atoms with van der Waals surface area (Å²) in [6.45, 7) is 5.05. The van der Waals surface area contributed by atoms with Gasteiger partial charge in [-0.25, -0.2) is 4.39 Å². The monoisotopic (exact) mass is 324 g/mol. The van der Waals surface area contributed by atoms with Gasteiger partial charge in [0.25, 0.3) is 0 Å². The van der Waals surface area contributed by atoms with Gasteiger partial charge >= 0.3 is 0 Å². The molecule has 1 heterocycles. The molecule has 3 rings (SSSR count). The van der Waals surface area contributed by atoms with Gasteiger partial charge in [0, 0.05) is 43.9 Å². The van der Waals surface area contributed by atoms with Gasteiger partial charge in [-0.1, -0.05) is 36.3 Å². The standard InChI is InChI=1S/C20H21FN2O/c1-2-14-24-20-17(15-23-12-10-22-11-13-23)4-3-5-19(20)16-6-8-18(21)9-7-16/h1,3-9,22H,10-15H2. The highest BCUT2D eigenvalue weighted by atomic mass is 19.1. The number of piperazine rings is 1. The average Bonchev–Trinajstić information content (AvgIpc) is 2.62. The molecule has 1 fully saturated rings. The van der Waals surface area contributed by atoms with Crippen molar-refractivity contribution in [1.29, 1.82) is 0 Å². The lowest BCUT2D eigenvalue weighted by atomic mass is 10.0. The molecule has 1 aliphatic heterocycles. The Bertz CT molecular complexity index is 715. The Morgan fingerprint density at radius 2 is 1.88 bits per heavy atom. The molecule has 1 saturated heterocycles. The Morgan fingerprint density at radius 1 is 1.12 bits per heavy atom. The summed E-state index contributed by atoms with van der Waals surface area (Å²) in [5.41, 5.74) is 2.97. The topological polar surface area (TPSA) is 24.5 Å². The third-order valence-corrected chi connectivity index (χ3v) is 4.16. The molecule has 124 valence electrons. The molecule has 0 amide bonds. The zero-order valence-electron chi connectivity index (χ0n) is 13.6. The molecular weight excluding hydrogens is 303 g/mol. The minimum absolute atomic E-state index is 0.215. The third-order valence-electron chi connectivity index (χ3n) is 4.16. The minimum atomic E-state index is -0.248. The molecule has 4 heteroatoms. The fourth-order valence-corrected chi connectivity index (χ4v) is 2.96. The summed E-state index contributed by atoms with van der Waals surface area (Å²) in [7, 11) is 0. The van der Waals surface area contributed by atoms with E-state index >= 15 is 0 Å². The lowest BCUT2D eigenvalue weighted by Crippen LogP contribution is -2.42. The van der Waals surface area contributed by atoms with Crippen molar-refractivity contribution in [3.8, 4) is 29.2 Å². The van der Waals surface area contributed by atoms with Gasteiger partial charge in [-0.3, -0.25) is 4.90 Å². The molecule has 1 N–H and O–H groups in total. The number of nitrogens with one attached hydrogen (secondary N) is 1. The van der Waals surface area contributed by atoms with E-state index in [2.05, 4.69) is 22.2 Å². The first-order valence-electron chi connectivity index (χ1n) is 8.15. The summed E-state index contributed by atoms with van der Waals surface area (Å²) in [6.07, 6.45) is 5.38. The molecule has 0 atom stereocenters. The van der Waals surface area contributed by atoms with Crippen LogP contribution in [0.1, 0.15) is 5.56 Å². The Morgan fingerprint density at radius 3 is 2.58 bits per heavy atom. The van der Waals surface area contributed by atoms with E-state index in [4.69, 9.17) is 11.2 Å². The van der Waals surface area contributed by atoms with Crippen molar-refractivity contribution in [1.82, 2.24) is 10.2 Å². The zero-order chi connectivity index (χ0) is 16.8. The molecule has 0 radical (unpaired) electrons. The van der Waals surface area contributed by atoms with Crippen LogP contribution in [0.4, 0.5) is 4.39 Å². The van der Waals surface area contributed by atoms with Gasteiger partial charge < -0.3 is 10.1 Å². The first kappa shape index (κ1) is 16.5. The Labute approximate surface area is 142 Å². The summed E-state index contributed by atoms with van der Waals surface area (Å²) < 4.78 is 19.1. The van der Waals surface area contributed by atoms with E-state index in [1.807, 2.05) is 12.1 Å². The lowest BCUT2D eigenvalue weighted by Gasteiger charge is -2.28. The summed E-state index contributed by atoms with van der Waals surface area (Å²) in [6, 6.07) is 12.5. The zero-order valence-corrected chi connectivity index (χ0v) is 13.6. The van der Waals surface area contributed by atoms with Crippen LogP contribution in [0, 0.1) is 18.2 Å². The van der Waals surface area contributed by atoms with Gasteiger partial charge in [-0.2, -0.15) is 0 Å². The van der Waals surface area contributed by atoms with Crippen LogP contribution >= 0.6 is 0 Å². The molecule has 3 nitrogen and oxygen atoms in total. The smallest absolute Gasteiger partial charge is 0.148 e. The number of ether oxygens (including phenoxy) is 1. The normalized spacial score (nSPS) is 15.0. The van der Waals surface area contributed by atoms with Gasteiger partial charge in [-0.05, 0) is 17.7 Å². The van der Waals surface area contributed by atoms with Crippen LogP contribution in [0.3, 0.4) is 0 Å². The molecule has 0 spiro atoms. The maximum absolute atomic E-state index is 13.2. The molecule has 2 aromatic rings. The largest absolute Gasteiger partial charge is 0.480 e. The molecule has 0 aromatic heterocycles. The maximum Gasteiger partial charge on any atom is 0.148 e. The average molecular weight is 324 g/mol. The molecule has 0 bridgehead atoms. The van der Waals surface area contributed by atoms with E-state index in [1.165, 1.54) is 12.1 Å². The summed E-state index contributed by atoms with van der Waals surface area (Å²) in [5, 5.41) is 3.36. The van der Waals surface area contributed by atoms with E-state index in [1.54, 1.807) is 12.1 Å². The van der Waals surface area contributed by atoms with Crippen LogP contribution in [0.2, 0.25) is 0 Å². The van der Waals surface area contributed by atoms with E-state index in [-0.39, 0.29) is 12.4 Å². The molecule has 0 unspecified atom stereocenters. The van der Waals surface area contributed by atoms with Crippen molar-refractivity contribution in [2.75, 3.05) is 32.8 Å². The minimum Gasteiger partial charge on any atom is -0.480 e. The van der Waals surface area contributed by atoms with Gasteiger partial charge in [0.2, 0.25) is 0 Å². The lowest BCUT2D eigenvalue weighted by molar-refractivity contribution is 0.229. The maximum atomic E-state index is 13.2. The quantitative estimate of drug-likeness (QED) is 0.856. The van der Waals surface area contributed by atoms with Crippen LogP contribution < -0.4 is 10.1 Å². The van der Waals surface area contributed by atoms with Crippen molar-refractivity contribution < 1.29 is 9.13 Å². The number of para-hydroxylation sites is 1. The van der Waals surface area contributed by atoms with Crippen LogP contribution in [0.25, 0.3) is 11.1 Å². The van der Waals surface area contributed by atoms with E-state index in [0.29, 0.717) is 0 Å². The fourth-order valence-electron chi connectivity index (χ4n) is 2.96. The van der Waals surface area contributed by atoms with Crippen LogP contribution in [0.5, 0.6) is 5.75 Å². The van der Waals surface area contributed by atoms with Crippen molar-refractivity contribution in [2.45, 2.75) is 6.54 Å². The predicted octanol–water partition coefficient (Wildman–Crippen LogP) is 2.91. The predicted molar refractivity (Wildman–Crippen MR) is 94.3 cm³/mol. The summed E-state index contributed by atoms with van der Waals surface area (Å²) in [5.74, 6) is 3.07. The second kappa shape index (κ2) is 7.96. The molecule has 24 heavy (non-hydrogen) atoms. The van der Waals surface area contributed by atoms with Crippen LogP contribution in [-0.4, -0.2) is 37.7 Å². The number of terminal acetylenes is 1. The van der Waals surface area contributed by atoms with Gasteiger partial charge in [0.1, 0.15) is 18.2 Å². The number of benzene rings is 2.